The predicted molar refractivity (Wildman–Crippen MR) is 45.8 cm³/mol. The number of esters is 1. The van der Waals surface area contributed by atoms with Crippen molar-refractivity contribution >= 4 is 11.9 Å². The van der Waals surface area contributed by atoms with Crippen LogP contribution in [0.3, 0.4) is 0 Å². The lowest BCUT2D eigenvalue weighted by Gasteiger charge is -2.31. The van der Waals surface area contributed by atoms with Gasteiger partial charge in [-0.15, -0.1) is 0 Å². The van der Waals surface area contributed by atoms with Gasteiger partial charge in [0.25, 0.3) is 0 Å². The van der Waals surface area contributed by atoms with Gasteiger partial charge in [0.15, 0.2) is 0 Å². The zero-order valence-corrected chi connectivity index (χ0v) is 9.54. The Morgan fingerprint density at radius 1 is 1.36 bits per heavy atom. The summed E-state index contributed by atoms with van der Waals surface area (Å²) in [5, 5.41) is 8.56. The molecule has 0 aromatic carbocycles. The third-order valence-electron chi connectivity index (χ3n) is 1.52. The van der Waals surface area contributed by atoms with Gasteiger partial charge in [0.05, 0.1) is 21.1 Å². The van der Waals surface area contributed by atoms with Crippen LogP contribution in [0.1, 0.15) is 13.3 Å². The zero-order chi connectivity index (χ0) is 10.6. The molecule has 0 aliphatic heterocycles. The van der Waals surface area contributed by atoms with E-state index in [1.54, 1.807) is 21.1 Å². The number of rotatable bonds is 4. The van der Waals surface area contributed by atoms with Crippen molar-refractivity contribution in [1.82, 2.24) is 0 Å². The highest BCUT2D eigenvalue weighted by Crippen LogP contribution is 2.09. The molecule has 0 saturated heterocycles. The van der Waals surface area contributed by atoms with Crippen LogP contribution in [0.15, 0.2) is 0 Å². The van der Waals surface area contributed by atoms with Crippen molar-refractivity contribution in [2.45, 2.75) is 19.6 Å². The molecule has 0 spiro atoms. The Labute approximate surface area is 89.6 Å². The van der Waals surface area contributed by atoms with Crippen LogP contribution in [-0.4, -0.2) is 48.9 Å². The molecule has 0 aromatic rings. The van der Waals surface area contributed by atoms with Crippen molar-refractivity contribution < 1.29 is 36.3 Å². The van der Waals surface area contributed by atoms with Gasteiger partial charge >= 0.3 is 11.9 Å². The molecule has 0 heterocycles. The molecule has 5 nitrogen and oxygen atoms in total. The Kier molecular flexibility index (Phi) is 6.51. The van der Waals surface area contributed by atoms with Crippen molar-refractivity contribution in [2.24, 2.45) is 0 Å². The number of hydrogen-bond donors (Lipinski definition) is 1. The Bertz CT molecular complexity index is 196. The molecule has 0 radical (unpaired) electrons. The van der Waals surface area contributed by atoms with Crippen molar-refractivity contribution in [1.29, 1.82) is 0 Å². The first-order valence-electron chi connectivity index (χ1n) is 3.93. The van der Waals surface area contributed by atoms with Gasteiger partial charge in [0, 0.05) is 6.92 Å². The fraction of sp³-hybridized carbons (Fsp3) is 0.750. The fourth-order valence-electron chi connectivity index (χ4n) is 0.815. The smallest absolute Gasteiger partial charge is 0.313 e. The molecule has 14 heavy (non-hydrogen) atoms. The van der Waals surface area contributed by atoms with Gasteiger partial charge in [-0.05, 0) is 0 Å². The van der Waals surface area contributed by atoms with Gasteiger partial charge < -0.3 is 22.3 Å². The van der Waals surface area contributed by atoms with E-state index in [1.807, 2.05) is 0 Å². The average molecular weight is 226 g/mol. The number of aliphatic carboxylic acids is 1. The first-order chi connectivity index (χ1) is 5.73. The number of ether oxygens (including phenoxy) is 1. The summed E-state index contributed by atoms with van der Waals surface area (Å²) in [6.07, 6.45) is -0.807. The van der Waals surface area contributed by atoms with Crippen LogP contribution >= 0.6 is 0 Å². The van der Waals surface area contributed by atoms with Crippen LogP contribution in [0.2, 0.25) is 0 Å². The summed E-state index contributed by atoms with van der Waals surface area (Å²) in [4.78, 5) is 21.1. The molecule has 1 unspecified atom stereocenters. The van der Waals surface area contributed by atoms with E-state index in [0.717, 1.165) is 0 Å². The number of halogens is 1. The molecule has 1 N–H and O–H groups in total. The summed E-state index contributed by atoms with van der Waals surface area (Å²) in [6.45, 7) is 1.27. The molecule has 0 fully saturated rings. The number of carboxylic acids is 1. The minimum absolute atomic E-state index is 0. The molecule has 0 saturated carbocycles. The van der Waals surface area contributed by atoms with E-state index in [2.05, 4.69) is 0 Å². The van der Waals surface area contributed by atoms with E-state index in [-0.39, 0.29) is 23.3 Å². The topological polar surface area (TPSA) is 63.6 Å². The molecular weight excluding hydrogens is 210 g/mol. The molecule has 6 heteroatoms. The Hall–Kier alpha value is -0.810. The molecule has 0 rings (SSSR count). The second-order valence-corrected chi connectivity index (χ2v) is 3.78. The number of nitrogens with zero attached hydrogens (tertiary/aromatic N) is 1. The standard InChI is InChI=1S/C8H15NO4.ClH/c1-6(10)13-7(5-8(11)12)9(2,3)4;/h7H,5H2,1-4H3;1H. The molecule has 0 amide bonds. The fourth-order valence-corrected chi connectivity index (χ4v) is 0.815. The van der Waals surface area contributed by atoms with Crippen LogP contribution in [0, 0.1) is 0 Å². The number of carboxylic acid groups (broad SMARTS) is 1. The molecule has 1 atom stereocenters. The first kappa shape index (κ1) is 15.7. The van der Waals surface area contributed by atoms with Gasteiger partial charge in [0.1, 0.15) is 6.42 Å². The Morgan fingerprint density at radius 3 is 2.00 bits per heavy atom. The van der Waals surface area contributed by atoms with E-state index in [4.69, 9.17) is 9.84 Å². The highest BCUT2D eigenvalue weighted by Gasteiger charge is 2.29. The summed E-state index contributed by atoms with van der Waals surface area (Å²) < 4.78 is 5.16. The number of quaternary nitrogens is 1. The summed E-state index contributed by atoms with van der Waals surface area (Å²) in [5.74, 6) is -1.43. The van der Waals surface area contributed by atoms with Crippen molar-refractivity contribution in [3.05, 3.63) is 0 Å². The number of carbonyl (C=O) groups is 2. The van der Waals surface area contributed by atoms with Gasteiger partial charge in [-0.3, -0.25) is 14.1 Å². The summed E-state index contributed by atoms with van der Waals surface area (Å²) in [6, 6.07) is 0. The van der Waals surface area contributed by atoms with Crippen LogP contribution < -0.4 is 12.4 Å². The monoisotopic (exact) mass is 225 g/mol. The third kappa shape index (κ3) is 6.68. The van der Waals surface area contributed by atoms with E-state index in [9.17, 15) is 9.59 Å². The molecule has 0 aromatic heterocycles. The summed E-state index contributed by atoms with van der Waals surface area (Å²) in [7, 11) is 5.32. The number of hydrogen-bond acceptors (Lipinski definition) is 3. The van der Waals surface area contributed by atoms with E-state index >= 15 is 0 Å². The first-order valence-corrected chi connectivity index (χ1v) is 3.93. The van der Waals surface area contributed by atoms with Crippen LogP contribution in [-0.2, 0) is 14.3 Å². The molecule has 0 bridgehead atoms. The largest absolute Gasteiger partial charge is 1.00 e. The highest BCUT2D eigenvalue weighted by atomic mass is 35.5. The SMILES string of the molecule is CC(=O)OC(CC(=O)O)[N+](C)(C)C.[Cl-]. The normalized spacial score (nSPS) is 12.6. The lowest BCUT2D eigenvalue weighted by Crippen LogP contribution is -3.00. The Balaban J connectivity index is 0. The predicted octanol–water partition coefficient (Wildman–Crippen LogP) is -2.94. The maximum atomic E-state index is 10.7. The van der Waals surface area contributed by atoms with Crippen molar-refractivity contribution in [3.8, 4) is 0 Å². The summed E-state index contributed by atoms with van der Waals surface area (Å²) >= 11 is 0. The van der Waals surface area contributed by atoms with E-state index < -0.39 is 18.2 Å². The minimum atomic E-state index is -0.973. The zero-order valence-electron chi connectivity index (χ0n) is 8.78. The molecule has 84 valence electrons. The molecule has 0 aliphatic rings. The van der Waals surface area contributed by atoms with Crippen LogP contribution in [0.5, 0.6) is 0 Å². The van der Waals surface area contributed by atoms with Crippen molar-refractivity contribution in [3.63, 3.8) is 0 Å². The van der Waals surface area contributed by atoms with Gasteiger partial charge in [-0.25, -0.2) is 0 Å². The molecule has 0 aliphatic carbocycles. The van der Waals surface area contributed by atoms with Gasteiger partial charge in [0.2, 0.25) is 6.23 Å². The minimum Gasteiger partial charge on any atom is -1.00 e. The Morgan fingerprint density at radius 2 is 1.79 bits per heavy atom. The number of carbonyl (C=O) groups excluding carboxylic acids is 1. The lowest BCUT2D eigenvalue weighted by molar-refractivity contribution is -0.916. The highest BCUT2D eigenvalue weighted by molar-refractivity contribution is 5.69. The van der Waals surface area contributed by atoms with Crippen molar-refractivity contribution in [2.75, 3.05) is 21.1 Å². The van der Waals surface area contributed by atoms with E-state index in [1.165, 1.54) is 6.92 Å². The van der Waals surface area contributed by atoms with Crippen LogP contribution in [0.4, 0.5) is 0 Å². The van der Waals surface area contributed by atoms with Gasteiger partial charge in [-0.1, -0.05) is 0 Å². The average Bonchev–Trinajstić information content (AvgIpc) is 1.81. The maximum absolute atomic E-state index is 10.7. The molecular formula is C8H16ClNO4. The maximum Gasteiger partial charge on any atom is 0.313 e. The summed E-state index contributed by atoms with van der Waals surface area (Å²) in [5.41, 5.74) is 0. The quantitative estimate of drug-likeness (QED) is 0.316. The second-order valence-electron chi connectivity index (χ2n) is 3.78. The van der Waals surface area contributed by atoms with Crippen LogP contribution in [0.25, 0.3) is 0 Å². The van der Waals surface area contributed by atoms with Gasteiger partial charge in [-0.2, -0.15) is 0 Å². The lowest BCUT2D eigenvalue weighted by atomic mass is 10.3. The van der Waals surface area contributed by atoms with E-state index in [0.29, 0.717) is 0 Å². The third-order valence-corrected chi connectivity index (χ3v) is 1.52. The second kappa shape index (κ2) is 5.82.